The predicted octanol–water partition coefficient (Wildman–Crippen LogP) is 4.01. The van der Waals surface area contributed by atoms with Gasteiger partial charge in [-0.15, -0.1) is 0 Å². The molecule has 1 N–H and O–H groups in total. The smallest absolute Gasteiger partial charge is 0.244 e. The molecule has 0 unspecified atom stereocenters. The quantitative estimate of drug-likeness (QED) is 0.519. The van der Waals surface area contributed by atoms with Gasteiger partial charge < -0.3 is 10.2 Å². The summed E-state index contributed by atoms with van der Waals surface area (Å²) in [4.78, 5) is 27.5. The maximum atomic E-state index is 13.4. The standard InChI is InChI=1S/C23H29Cl2N3O4S/c1-5-12-26-23(30)17(3)27(14-18-9-6-8-16(2)13-18)21(29)15-28(33(4,31)32)20-11-7-10-19(24)22(20)25/h6-11,13,17H,5,12,14-15H2,1-4H3,(H,26,30)/t17-/m1/s1. The molecule has 2 aromatic rings. The Bertz CT molecular complexity index is 1110. The van der Waals surface area contributed by atoms with E-state index < -0.39 is 28.5 Å². The number of aryl methyl sites for hydroxylation is 1. The molecule has 0 saturated heterocycles. The van der Waals surface area contributed by atoms with Crippen molar-refractivity contribution in [2.75, 3.05) is 23.7 Å². The first kappa shape index (κ1) is 27.0. The zero-order valence-electron chi connectivity index (χ0n) is 19.1. The summed E-state index contributed by atoms with van der Waals surface area (Å²) in [6.45, 7) is 5.57. The first-order valence-electron chi connectivity index (χ1n) is 10.5. The number of rotatable bonds is 10. The summed E-state index contributed by atoms with van der Waals surface area (Å²) in [7, 11) is -3.88. The molecule has 33 heavy (non-hydrogen) atoms. The lowest BCUT2D eigenvalue weighted by Crippen LogP contribution is -2.51. The van der Waals surface area contributed by atoms with E-state index in [1.165, 1.54) is 17.0 Å². The van der Waals surface area contributed by atoms with Crippen LogP contribution >= 0.6 is 23.2 Å². The SMILES string of the molecule is CCCNC(=O)[C@@H](C)N(Cc1cccc(C)c1)C(=O)CN(c1cccc(Cl)c1Cl)S(C)(=O)=O. The summed E-state index contributed by atoms with van der Waals surface area (Å²) in [5, 5.41) is 2.98. The maximum absolute atomic E-state index is 13.4. The number of benzene rings is 2. The second-order valence-corrected chi connectivity index (χ2v) is 10.5. The van der Waals surface area contributed by atoms with Crippen LogP contribution in [0.2, 0.25) is 10.0 Å². The third-order valence-corrected chi connectivity index (χ3v) is 6.97. The van der Waals surface area contributed by atoms with Gasteiger partial charge in [0.25, 0.3) is 0 Å². The molecule has 2 aromatic carbocycles. The zero-order valence-corrected chi connectivity index (χ0v) is 21.5. The highest BCUT2D eigenvalue weighted by Crippen LogP contribution is 2.33. The van der Waals surface area contributed by atoms with Crippen molar-refractivity contribution in [2.45, 2.75) is 39.8 Å². The fourth-order valence-electron chi connectivity index (χ4n) is 3.27. The normalized spacial score (nSPS) is 12.2. The minimum absolute atomic E-state index is 0.0244. The average molecular weight is 514 g/mol. The van der Waals surface area contributed by atoms with E-state index in [0.29, 0.717) is 6.54 Å². The Hall–Kier alpha value is -2.29. The molecule has 0 heterocycles. The van der Waals surface area contributed by atoms with Gasteiger partial charge in [-0.3, -0.25) is 13.9 Å². The van der Waals surface area contributed by atoms with E-state index in [1.807, 2.05) is 38.1 Å². The van der Waals surface area contributed by atoms with Crippen LogP contribution in [0.25, 0.3) is 0 Å². The van der Waals surface area contributed by atoms with Crippen LogP contribution in [0, 0.1) is 6.92 Å². The lowest BCUT2D eigenvalue weighted by Gasteiger charge is -2.31. The van der Waals surface area contributed by atoms with E-state index in [4.69, 9.17) is 23.2 Å². The number of carbonyl (C=O) groups is 2. The van der Waals surface area contributed by atoms with Gasteiger partial charge in [0, 0.05) is 13.1 Å². The molecule has 0 radical (unpaired) electrons. The van der Waals surface area contributed by atoms with Crippen molar-refractivity contribution in [1.82, 2.24) is 10.2 Å². The molecule has 0 aromatic heterocycles. The van der Waals surface area contributed by atoms with Gasteiger partial charge in [0.15, 0.2) is 0 Å². The number of amides is 2. The Kier molecular flexibility index (Phi) is 9.57. The van der Waals surface area contributed by atoms with Crippen LogP contribution < -0.4 is 9.62 Å². The van der Waals surface area contributed by atoms with Crippen molar-refractivity contribution in [3.05, 3.63) is 63.6 Å². The molecule has 1 atom stereocenters. The molecule has 0 aliphatic carbocycles. The van der Waals surface area contributed by atoms with Gasteiger partial charge in [0.05, 0.1) is 22.0 Å². The van der Waals surface area contributed by atoms with E-state index in [0.717, 1.165) is 28.1 Å². The van der Waals surface area contributed by atoms with Gasteiger partial charge in [-0.2, -0.15) is 0 Å². The summed E-state index contributed by atoms with van der Waals surface area (Å²) in [5.41, 5.74) is 1.93. The Balaban J connectivity index is 2.42. The van der Waals surface area contributed by atoms with Crippen LogP contribution in [-0.4, -0.2) is 50.5 Å². The highest BCUT2D eigenvalue weighted by atomic mass is 35.5. The lowest BCUT2D eigenvalue weighted by molar-refractivity contribution is -0.139. The fourth-order valence-corrected chi connectivity index (χ4v) is 4.57. The monoisotopic (exact) mass is 513 g/mol. The number of sulfonamides is 1. The summed E-state index contributed by atoms with van der Waals surface area (Å²) >= 11 is 12.3. The second kappa shape index (κ2) is 11.7. The van der Waals surface area contributed by atoms with Gasteiger partial charge in [-0.25, -0.2) is 8.42 Å². The largest absolute Gasteiger partial charge is 0.354 e. The van der Waals surface area contributed by atoms with E-state index in [9.17, 15) is 18.0 Å². The van der Waals surface area contributed by atoms with Gasteiger partial charge in [-0.1, -0.05) is 66.0 Å². The van der Waals surface area contributed by atoms with E-state index >= 15 is 0 Å². The Morgan fingerprint density at radius 2 is 1.79 bits per heavy atom. The Morgan fingerprint density at radius 1 is 1.12 bits per heavy atom. The summed E-state index contributed by atoms with van der Waals surface area (Å²) in [6, 6.07) is 11.3. The second-order valence-electron chi connectivity index (χ2n) is 7.82. The molecule has 0 saturated carbocycles. The number of hydrogen-bond donors (Lipinski definition) is 1. The lowest BCUT2D eigenvalue weighted by atomic mass is 10.1. The summed E-state index contributed by atoms with van der Waals surface area (Å²) in [6.07, 6.45) is 1.74. The van der Waals surface area contributed by atoms with E-state index in [1.54, 1.807) is 13.0 Å². The van der Waals surface area contributed by atoms with Crippen LogP contribution in [-0.2, 0) is 26.2 Å². The molecule has 0 aliphatic rings. The topological polar surface area (TPSA) is 86.8 Å². The van der Waals surface area contributed by atoms with Crippen LogP contribution in [0.3, 0.4) is 0 Å². The van der Waals surface area contributed by atoms with Crippen molar-refractivity contribution in [2.24, 2.45) is 0 Å². The van der Waals surface area contributed by atoms with Crippen LogP contribution in [0.1, 0.15) is 31.4 Å². The van der Waals surface area contributed by atoms with Crippen LogP contribution in [0.5, 0.6) is 0 Å². The molecule has 0 fully saturated rings. The van der Waals surface area contributed by atoms with Crippen molar-refractivity contribution in [3.63, 3.8) is 0 Å². The van der Waals surface area contributed by atoms with E-state index in [-0.39, 0.29) is 28.2 Å². The summed E-state index contributed by atoms with van der Waals surface area (Å²) in [5.74, 6) is -0.860. The summed E-state index contributed by atoms with van der Waals surface area (Å²) < 4.78 is 26.1. The molecule has 180 valence electrons. The van der Waals surface area contributed by atoms with Crippen molar-refractivity contribution >= 4 is 50.7 Å². The van der Waals surface area contributed by atoms with Gasteiger partial charge >= 0.3 is 0 Å². The fraction of sp³-hybridized carbons (Fsp3) is 0.391. The van der Waals surface area contributed by atoms with Crippen LogP contribution in [0.4, 0.5) is 5.69 Å². The van der Waals surface area contributed by atoms with Crippen molar-refractivity contribution < 1.29 is 18.0 Å². The number of halogens is 2. The number of nitrogens with one attached hydrogen (secondary N) is 1. The molecule has 0 aliphatic heterocycles. The molecule has 0 spiro atoms. The molecule has 10 heteroatoms. The zero-order chi connectivity index (χ0) is 24.8. The van der Waals surface area contributed by atoms with E-state index in [2.05, 4.69) is 5.32 Å². The molecule has 2 rings (SSSR count). The predicted molar refractivity (Wildman–Crippen MR) is 133 cm³/mol. The third kappa shape index (κ3) is 7.35. The maximum Gasteiger partial charge on any atom is 0.244 e. The first-order valence-corrected chi connectivity index (χ1v) is 13.1. The number of carbonyl (C=O) groups excluding carboxylic acids is 2. The molecule has 2 amide bonds. The van der Waals surface area contributed by atoms with Crippen LogP contribution in [0.15, 0.2) is 42.5 Å². The highest BCUT2D eigenvalue weighted by Gasteiger charge is 2.31. The number of nitrogens with zero attached hydrogens (tertiary/aromatic N) is 2. The van der Waals surface area contributed by atoms with Crippen molar-refractivity contribution in [3.8, 4) is 0 Å². The highest BCUT2D eigenvalue weighted by molar-refractivity contribution is 7.92. The molecular weight excluding hydrogens is 485 g/mol. The number of anilines is 1. The Morgan fingerprint density at radius 3 is 2.39 bits per heavy atom. The van der Waals surface area contributed by atoms with Gasteiger partial charge in [-0.05, 0) is 38.0 Å². The average Bonchev–Trinajstić information content (AvgIpc) is 2.75. The first-order chi connectivity index (χ1) is 15.5. The van der Waals surface area contributed by atoms with Gasteiger partial charge in [0.1, 0.15) is 12.6 Å². The number of hydrogen-bond acceptors (Lipinski definition) is 4. The third-order valence-electron chi connectivity index (χ3n) is 5.03. The molecular formula is C23H29Cl2N3O4S. The minimum Gasteiger partial charge on any atom is -0.354 e. The van der Waals surface area contributed by atoms with Gasteiger partial charge in [0.2, 0.25) is 21.8 Å². The minimum atomic E-state index is -3.88. The molecule has 7 nitrogen and oxygen atoms in total. The molecule has 0 bridgehead atoms. The Labute approximate surface area is 205 Å². The van der Waals surface area contributed by atoms with Crippen molar-refractivity contribution in [1.29, 1.82) is 0 Å².